The first kappa shape index (κ1) is 70.4. The second-order valence-electron chi connectivity index (χ2n) is 16.9. The van der Waals surface area contributed by atoms with Crippen molar-refractivity contribution in [2.24, 2.45) is 0 Å². The fraction of sp³-hybridized carbons (Fsp3) is 0.154. The lowest BCUT2D eigenvalue weighted by atomic mass is 9.91. The van der Waals surface area contributed by atoms with Gasteiger partial charge in [-0.25, -0.2) is 29.9 Å². The summed E-state index contributed by atoms with van der Waals surface area (Å²) in [5, 5.41) is 93.2. The van der Waals surface area contributed by atoms with Crippen LogP contribution in [0.15, 0.2) is 48.5 Å². The molecule has 0 N–H and O–H groups in total. The fourth-order valence-corrected chi connectivity index (χ4v) is 7.63. The Balaban J connectivity index is 0.000000335. The van der Waals surface area contributed by atoms with E-state index in [4.69, 9.17) is 0 Å². The van der Waals surface area contributed by atoms with Gasteiger partial charge in [-0.3, -0.25) is 0 Å². The van der Waals surface area contributed by atoms with E-state index in [0.717, 1.165) is 12.1 Å². The molecule has 0 saturated heterocycles. The molecule has 40 heteroatoms. The topological polar surface area (TPSA) is 315 Å². The maximum atomic E-state index is 13.7. The van der Waals surface area contributed by atoms with Crippen LogP contribution in [0.4, 0.5) is 105 Å². The summed E-state index contributed by atoms with van der Waals surface area (Å²) >= 11 is 0. The molecule has 4 heterocycles. The number of nitrogens with zero attached hydrogens (tertiary/aromatic N) is 16. The van der Waals surface area contributed by atoms with E-state index >= 15 is 0 Å². The number of aromatic nitrogens is 6. The van der Waals surface area contributed by atoms with Crippen LogP contribution in [0, 0.1) is 113 Å². The third-order valence-electron chi connectivity index (χ3n) is 11.3. The predicted octanol–water partition coefficient (Wildman–Crippen LogP) is 10.0. The Morgan fingerprint density at radius 3 is 0.837 bits per heavy atom. The number of hydrogen-bond acceptors (Lipinski definition) is 16. The molecule has 0 unspecified atom stereocenters. The summed E-state index contributed by atoms with van der Waals surface area (Å²) < 4.78 is 322. The molecule has 2 aromatic carbocycles. The van der Waals surface area contributed by atoms with Crippen LogP contribution < -0.4 is 20.9 Å². The quantitative estimate of drug-likeness (QED) is 0.148. The van der Waals surface area contributed by atoms with Gasteiger partial charge in [0.05, 0.1) is 79.2 Å². The molecule has 6 rings (SSSR count). The van der Waals surface area contributed by atoms with E-state index in [9.17, 15) is 158 Å². The van der Waals surface area contributed by atoms with Crippen LogP contribution in [0.25, 0.3) is 22.3 Å². The van der Waals surface area contributed by atoms with E-state index < -0.39 is 194 Å². The number of rotatable bonds is 4. The van der Waals surface area contributed by atoms with Crippen molar-refractivity contribution < 1.29 is 105 Å². The molecule has 0 fully saturated rings. The van der Waals surface area contributed by atoms with Gasteiger partial charge in [0.25, 0.3) is 0 Å². The average Bonchev–Trinajstić information content (AvgIpc) is 0.773. The van der Waals surface area contributed by atoms with Crippen LogP contribution in [0.3, 0.4) is 0 Å². The summed E-state index contributed by atoms with van der Waals surface area (Å²) in [6.07, 6.45) is -44.7. The highest BCUT2D eigenvalue weighted by Crippen LogP contribution is 2.41. The molecular weight excluding hydrogens is 1300 g/mol. The monoisotopic (exact) mass is 1310 g/mol. The van der Waals surface area contributed by atoms with E-state index in [1.165, 1.54) is 48.6 Å². The largest absolute Gasteiger partial charge is 0.451 e. The summed E-state index contributed by atoms with van der Waals surface area (Å²) in [5.41, 5.74) is -31.1. The van der Waals surface area contributed by atoms with Crippen molar-refractivity contribution in [2.75, 3.05) is 0 Å². The maximum absolute atomic E-state index is 13.7. The third-order valence-corrected chi connectivity index (χ3v) is 11.3. The minimum absolute atomic E-state index is 0.0695. The van der Waals surface area contributed by atoms with E-state index in [2.05, 4.69) is 29.9 Å². The molecule has 0 radical (unpaired) electrons. The maximum Gasteiger partial charge on any atom is 0.451 e. The Kier molecular flexibility index (Phi) is 19.1. The molecule has 0 aliphatic heterocycles. The highest BCUT2D eigenvalue weighted by atomic mass is 19.4. The molecule has 92 heavy (non-hydrogen) atoms. The van der Waals surface area contributed by atoms with Gasteiger partial charge in [-0.15, -0.1) is 0 Å². The molecule has 4 aromatic heterocycles. The lowest BCUT2D eigenvalue weighted by Crippen LogP contribution is -2.25. The zero-order valence-corrected chi connectivity index (χ0v) is 42.8. The van der Waals surface area contributed by atoms with Gasteiger partial charge in [0, 0.05) is 26.8 Å². The lowest BCUT2D eigenvalue weighted by molar-refractivity contribution is -0.154. The molecule has 0 aliphatic rings. The minimum atomic E-state index is -5.72. The molecule has 6 aromatic rings. The van der Waals surface area contributed by atoms with E-state index in [0.29, 0.717) is 24.3 Å². The molecule has 0 spiro atoms. The molecule has 0 aliphatic carbocycles. The van der Waals surface area contributed by atoms with Gasteiger partial charge in [0.15, 0.2) is 11.4 Å². The molecule has 464 valence electrons. The second kappa shape index (κ2) is 25.0. The van der Waals surface area contributed by atoms with Crippen molar-refractivity contribution in [1.82, 2.24) is 29.9 Å². The number of benzene rings is 2. The number of alkyl halides is 24. The smallest absolute Gasteiger partial charge is 0.237 e. The van der Waals surface area contributed by atoms with Gasteiger partial charge in [-0.2, -0.15) is 158 Å². The standard InChI is InChI=1S/C28H4F12N8.C24H4F12N8/c29-25(30,31)20-3-14(18(9-45)23(47-20)27(35,36)37)16(7-43)11-1-12(5-41)22(13(2-11)6-42)17(8-44)15-4-21(26(32,33)34)48-24(19(15)10-46)28(38,39)40;25-21(26,27)17-3-15(41-19(43-17)23(31,32)33)13(7-39)9-1-2-10(12(6-38)11(9)5-37)14(8-40)16-4-18(22(28,29)30)44-20(42-16)24(34,35)36/h1-4H;1-4H/b;13-9+,14-10+. The second-order valence-corrected chi connectivity index (χ2v) is 16.9. The molecule has 0 amide bonds. The van der Waals surface area contributed by atoms with Crippen LogP contribution in [0.5, 0.6) is 0 Å². The van der Waals surface area contributed by atoms with Crippen LogP contribution in [0.1, 0.15) is 102 Å². The highest BCUT2D eigenvalue weighted by Gasteiger charge is 2.46. The fourth-order valence-electron chi connectivity index (χ4n) is 7.63. The van der Waals surface area contributed by atoms with Gasteiger partial charge >= 0.3 is 49.4 Å². The number of pyridine rings is 2. The van der Waals surface area contributed by atoms with Crippen molar-refractivity contribution in [2.45, 2.75) is 49.4 Å². The van der Waals surface area contributed by atoms with Crippen LogP contribution >= 0.6 is 0 Å². The van der Waals surface area contributed by atoms with Crippen molar-refractivity contribution in [3.8, 4) is 60.7 Å². The van der Waals surface area contributed by atoms with Crippen LogP contribution in [0.2, 0.25) is 0 Å². The van der Waals surface area contributed by atoms with E-state index in [-0.39, 0.29) is 24.3 Å². The first-order valence-electron chi connectivity index (χ1n) is 22.6. The molecule has 0 bridgehead atoms. The average molecular weight is 1310 g/mol. The zero-order valence-electron chi connectivity index (χ0n) is 42.8. The van der Waals surface area contributed by atoms with Gasteiger partial charge in [-0.05, 0) is 41.6 Å². The Bertz CT molecular complexity index is 4570. The molecule has 16 nitrogen and oxygen atoms in total. The highest BCUT2D eigenvalue weighted by molar-refractivity contribution is 5.85. The third kappa shape index (κ3) is 14.6. The summed E-state index contributed by atoms with van der Waals surface area (Å²) in [5.74, 6) is -4.67. The van der Waals surface area contributed by atoms with Gasteiger partial charge in [0.2, 0.25) is 11.6 Å². The van der Waals surface area contributed by atoms with Crippen molar-refractivity contribution >= 4 is 22.3 Å². The normalized spacial score (nSPS) is 12.6. The van der Waals surface area contributed by atoms with Gasteiger partial charge < -0.3 is 0 Å². The first-order chi connectivity index (χ1) is 42.2. The molecule has 0 saturated carbocycles. The zero-order chi connectivity index (χ0) is 70.0. The Morgan fingerprint density at radius 1 is 0.293 bits per heavy atom. The van der Waals surface area contributed by atoms with Crippen LogP contribution in [-0.2, 0) is 49.4 Å². The van der Waals surface area contributed by atoms with E-state index in [1.54, 1.807) is 0 Å². The minimum Gasteiger partial charge on any atom is -0.237 e. The van der Waals surface area contributed by atoms with E-state index in [1.807, 2.05) is 0 Å². The Labute approximate surface area is 490 Å². The number of nitriles is 10. The summed E-state index contributed by atoms with van der Waals surface area (Å²) in [7, 11) is 0. The molecule has 0 atom stereocenters. The molecular formula is C52H8F24N16. The lowest BCUT2D eigenvalue weighted by Gasteiger charge is -2.16. The van der Waals surface area contributed by atoms with Crippen molar-refractivity contribution in [3.63, 3.8) is 0 Å². The Hall–Kier alpha value is -12.4. The van der Waals surface area contributed by atoms with Crippen molar-refractivity contribution in [1.29, 1.82) is 52.6 Å². The summed E-state index contributed by atoms with van der Waals surface area (Å²) in [6, 6.07) is 13.9. The van der Waals surface area contributed by atoms with Gasteiger partial charge in [0.1, 0.15) is 71.3 Å². The number of hydrogen-bond donors (Lipinski definition) is 0. The summed E-state index contributed by atoms with van der Waals surface area (Å²) in [4.78, 5) is 15.4. The summed E-state index contributed by atoms with van der Waals surface area (Å²) in [6.45, 7) is 0. The number of halogens is 24. The first-order valence-corrected chi connectivity index (χ1v) is 22.6. The van der Waals surface area contributed by atoms with Crippen LogP contribution in [-0.4, -0.2) is 29.9 Å². The van der Waals surface area contributed by atoms with Gasteiger partial charge in [-0.1, -0.05) is 12.1 Å². The SMILES string of the molecule is N#C/C(c1cc(C(F)(F)F)nc(C(F)(F)F)n1)=c1/cc/c(=C(/C#N)c2cc(C(F)(F)F)nc(C(F)(F)F)n2)c(C#N)c1C#N.N#CC(c1cc(C(F)(F)F)nc(C(F)(F)F)c1C#N)=c1cc(C#N)c(=C(C#N)c2cc(C(F)(F)F)nc(C(F)(F)F)c2C#N)c(C#N)c1. The predicted molar refractivity (Wildman–Crippen MR) is 245 cm³/mol. The Morgan fingerprint density at radius 2 is 0.587 bits per heavy atom. The van der Waals surface area contributed by atoms with Crippen molar-refractivity contribution in [3.05, 3.63) is 171 Å².